The molecule has 0 radical (unpaired) electrons. The van der Waals surface area contributed by atoms with Crippen LogP contribution in [0.2, 0.25) is 0 Å². The van der Waals surface area contributed by atoms with Gasteiger partial charge in [0.05, 0.1) is 22.9 Å². The van der Waals surface area contributed by atoms with Gasteiger partial charge in [-0.05, 0) is 26.0 Å². The van der Waals surface area contributed by atoms with Crippen molar-refractivity contribution < 1.29 is 4.79 Å². The number of rotatable bonds is 6. The van der Waals surface area contributed by atoms with Crippen LogP contribution < -0.4 is 5.32 Å². The minimum Gasteiger partial charge on any atom is -0.327 e. The first-order chi connectivity index (χ1) is 11.6. The van der Waals surface area contributed by atoms with Gasteiger partial charge in [-0.2, -0.15) is 5.10 Å². The highest BCUT2D eigenvalue weighted by Crippen LogP contribution is 2.17. The molecule has 0 unspecified atom stereocenters. The number of fused-ring (bicyclic) bond motifs is 1. The van der Waals surface area contributed by atoms with Gasteiger partial charge in [0, 0.05) is 31.6 Å². The number of para-hydroxylation sites is 2. The van der Waals surface area contributed by atoms with Gasteiger partial charge in [0.25, 0.3) is 0 Å². The molecule has 0 aliphatic heterocycles. The smallest absolute Gasteiger partial charge is 0.226 e. The van der Waals surface area contributed by atoms with E-state index in [9.17, 15) is 4.79 Å². The second-order valence-electron chi connectivity index (χ2n) is 6.12. The van der Waals surface area contributed by atoms with Gasteiger partial charge in [-0.3, -0.25) is 9.48 Å². The molecule has 0 aliphatic rings. The van der Waals surface area contributed by atoms with Crippen molar-refractivity contribution >= 4 is 22.6 Å². The molecule has 126 valence electrons. The second kappa shape index (κ2) is 6.86. The van der Waals surface area contributed by atoms with Crippen molar-refractivity contribution in [2.45, 2.75) is 46.2 Å². The van der Waals surface area contributed by atoms with Crippen LogP contribution in [0.25, 0.3) is 11.0 Å². The summed E-state index contributed by atoms with van der Waals surface area (Å²) in [5, 5.41) is 7.14. The summed E-state index contributed by atoms with van der Waals surface area (Å²) in [6.45, 7) is 6.80. The fourth-order valence-corrected chi connectivity index (χ4v) is 2.77. The van der Waals surface area contributed by atoms with E-state index in [0.29, 0.717) is 13.0 Å². The Hall–Kier alpha value is -2.63. The lowest BCUT2D eigenvalue weighted by Gasteiger charge is -2.08. The van der Waals surface area contributed by atoms with E-state index < -0.39 is 0 Å². The zero-order chi connectivity index (χ0) is 17.1. The summed E-state index contributed by atoms with van der Waals surface area (Å²) in [7, 11) is 0. The molecule has 1 aromatic carbocycles. The van der Waals surface area contributed by atoms with Crippen LogP contribution >= 0.6 is 0 Å². The number of hydrogen-bond acceptors (Lipinski definition) is 3. The van der Waals surface area contributed by atoms with E-state index in [-0.39, 0.29) is 11.9 Å². The largest absolute Gasteiger partial charge is 0.327 e. The molecule has 1 N–H and O–H groups in total. The highest BCUT2D eigenvalue weighted by atomic mass is 16.1. The lowest BCUT2D eigenvalue weighted by molar-refractivity contribution is -0.116. The molecule has 0 fully saturated rings. The van der Waals surface area contributed by atoms with E-state index >= 15 is 0 Å². The molecule has 3 aromatic rings. The Kier molecular flexibility index (Phi) is 4.64. The summed E-state index contributed by atoms with van der Waals surface area (Å²) in [6.07, 6.45) is 4.78. The van der Waals surface area contributed by atoms with E-state index in [1.807, 2.05) is 35.1 Å². The maximum absolute atomic E-state index is 12.2. The molecule has 0 aliphatic carbocycles. The minimum absolute atomic E-state index is 0.0156. The molecule has 6 heteroatoms. The number of imidazole rings is 1. The molecular formula is C18H23N5O. The van der Waals surface area contributed by atoms with Crippen LogP contribution in [0.15, 0.2) is 36.7 Å². The van der Waals surface area contributed by atoms with Crippen LogP contribution in [0.1, 0.15) is 39.1 Å². The quantitative estimate of drug-likeness (QED) is 0.755. The molecule has 0 spiro atoms. The molecule has 0 atom stereocenters. The number of nitrogens with one attached hydrogen (secondary N) is 1. The second-order valence-corrected chi connectivity index (χ2v) is 6.12. The molecule has 1 amide bonds. The standard InChI is InChI=1S/C18H23N5O/c1-4-17-21-15-7-5-6-8-16(15)22(17)10-9-18(24)20-14-11-19-23(12-14)13(2)3/h5-8,11-13H,4,9-10H2,1-3H3,(H,20,24). The summed E-state index contributed by atoms with van der Waals surface area (Å²) in [6, 6.07) is 8.32. The van der Waals surface area contributed by atoms with Crippen LogP contribution in [0.4, 0.5) is 5.69 Å². The number of benzene rings is 1. The Balaban J connectivity index is 1.67. The maximum atomic E-state index is 12.2. The molecular weight excluding hydrogens is 302 g/mol. The third kappa shape index (κ3) is 3.32. The Labute approximate surface area is 141 Å². The van der Waals surface area contributed by atoms with E-state index in [4.69, 9.17) is 0 Å². The van der Waals surface area contributed by atoms with Crippen molar-refractivity contribution in [3.05, 3.63) is 42.5 Å². The molecule has 2 heterocycles. The van der Waals surface area contributed by atoms with Gasteiger partial charge < -0.3 is 9.88 Å². The Morgan fingerprint density at radius 3 is 2.79 bits per heavy atom. The number of carbonyl (C=O) groups excluding carboxylic acids is 1. The van der Waals surface area contributed by atoms with E-state index in [1.165, 1.54) is 0 Å². The van der Waals surface area contributed by atoms with Crippen molar-refractivity contribution in [3.63, 3.8) is 0 Å². The summed E-state index contributed by atoms with van der Waals surface area (Å²) >= 11 is 0. The highest BCUT2D eigenvalue weighted by Gasteiger charge is 2.11. The van der Waals surface area contributed by atoms with E-state index in [1.54, 1.807) is 6.20 Å². The number of anilines is 1. The molecule has 6 nitrogen and oxygen atoms in total. The third-order valence-electron chi connectivity index (χ3n) is 4.03. The van der Waals surface area contributed by atoms with Gasteiger partial charge in [0.15, 0.2) is 0 Å². The number of nitrogens with zero attached hydrogens (tertiary/aromatic N) is 4. The summed E-state index contributed by atoms with van der Waals surface area (Å²) in [5.41, 5.74) is 2.79. The normalized spacial score (nSPS) is 11.3. The first-order valence-electron chi connectivity index (χ1n) is 8.36. The Morgan fingerprint density at radius 2 is 2.08 bits per heavy atom. The first kappa shape index (κ1) is 16.2. The summed E-state index contributed by atoms with van der Waals surface area (Å²) < 4.78 is 3.96. The molecule has 24 heavy (non-hydrogen) atoms. The van der Waals surface area contributed by atoms with Gasteiger partial charge in [0.1, 0.15) is 5.82 Å². The number of aromatic nitrogens is 4. The number of hydrogen-bond donors (Lipinski definition) is 1. The average Bonchev–Trinajstić information content (AvgIpc) is 3.17. The average molecular weight is 325 g/mol. The van der Waals surface area contributed by atoms with Crippen LogP contribution in [-0.4, -0.2) is 25.2 Å². The van der Waals surface area contributed by atoms with Crippen molar-refractivity contribution in [1.82, 2.24) is 19.3 Å². The predicted molar refractivity (Wildman–Crippen MR) is 95.0 cm³/mol. The van der Waals surface area contributed by atoms with Gasteiger partial charge >= 0.3 is 0 Å². The van der Waals surface area contributed by atoms with E-state index in [0.717, 1.165) is 29.0 Å². The van der Waals surface area contributed by atoms with Crippen molar-refractivity contribution in [2.75, 3.05) is 5.32 Å². The predicted octanol–water partition coefficient (Wildman–Crippen LogP) is 3.40. The molecule has 2 aromatic heterocycles. The topological polar surface area (TPSA) is 64.7 Å². The molecule has 0 saturated heterocycles. The fraction of sp³-hybridized carbons (Fsp3) is 0.389. The summed E-state index contributed by atoms with van der Waals surface area (Å²) in [5.74, 6) is 0.995. The lowest BCUT2D eigenvalue weighted by atomic mass is 10.3. The zero-order valence-corrected chi connectivity index (χ0v) is 14.4. The van der Waals surface area contributed by atoms with Crippen LogP contribution in [0.5, 0.6) is 0 Å². The van der Waals surface area contributed by atoms with Gasteiger partial charge in [-0.15, -0.1) is 0 Å². The van der Waals surface area contributed by atoms with Crippen LogP contribution in [0.3, 0.4) is 0 Å². The third-order valence-corrected chi connectivity index (χ3v) is 4.03. The number of carbonyl (C=O) groups is 1. The first-order valence-corrected chi connectivity index (χ1v) is 8.36. The molecule has 0 bridgehead atoms. The fourth-order valence-electron chi connectivity index (χ4n) is 2.77. The maximum Gasteiger partial charge on any atom is 0.226 e. The van der Waals surface area contributed by atoms with Crippen LogP contribution in [0, 0.1) is 0 Å². The van der Waals surface area contributed by atoms with E-state index in [2.05, 4.69) is 40.7 Å². The van der Waals surface area contributed by atoms with Crippen LogP contribution in [-0.2, 0) is 17.8 Å². The summed E-state index contributed by atoms with van der Waals surface area (Å²) in [4.78, 5) is 16.9. The van der Waals surface area contributed by atoms with Gasteiger partial charge in [-0.1, -0.05) is 19.1 Å². The monoisotopic (exact) mass is 325 g/mol. The van der Waals surface area contributed by atoms with Crippen molar-refractivity contribution in [3.8, 4) is 0 Å². The highest BCUT2D eigenvalue weighted by molar-refractivity contribution is 5.90. The van der Waals surface area contributed by atoms with Crippen molar-refractivity contribution in [2.24, 2.45) is 0 Å². The van der Waals surface area contributed by atoms with Gasteiger partial charge in [-0.25, -0.2) is 4.98 Å². The zero-order valence-electron chi connectivity index (χ0n) is 14.4. The number of amides is 1. The minimum atomic E-state index is -0.0156. The Bertz CT molecular complexity index is 846. The molecule has 3 rings (SSSR count). The van der Waals surface area contributed by atoms with Crippen molar-refractivity contribution in [1.29, 1.82) is 0 Å². The van der Waals surface area contributed by atoms with Gasteiger partial charge in [0.2, 0.25) is 5.91 Å². The SMILES string of the molecule is CCc1nc2ccccc2n1CCC(=O)Nc1cnn(C(C)C)c1. The number of aryl methyl sites for hydroxylation is 2. The molecule has 0 saturated carbocycles. The Morgan fingerprint density at radius 1 is 1.29 bits per heavy atom. The lowest BCUT2D eigenvalue weighted by Crippen LogP contribution is -2.15.